The number of nitrogens with zero attached hydrogens (tertiary/aromatic N) is 1. The van der Waals surface area contributed by atoms with Gasteiger partial charge >= 0.3 is 5.97 Å². The fraction of sp³-hybridized carbons (Fsp3) is 0.375. The van der Waals surface area contributed by atoms with E-state index in [1.165, 1.54) is 30.4 Å². The molecular formula is C24H24FNO2. The monoisotopic (exact) mass is 377 g/mol. The van der Waals surface area contributed by atoms with Crippen LogP contribution in [0.15, 0.2) is 42.5 Å². The van der Waals surface area contributed by atoms with Gasteiger partial charge in [-0.15, -0.1) is 0 Å². The van der Waals surface area contributed by atoms with Gasteiger partial charge in [-0.1, -0.05) is 30.4 Å². The molecule has 2 aromatic rings. The standard InChI is InChI=1S/C24H24FNO2/c1-28-24(27)23-7-2-3-14-26(23)22-13-11-19-15-18(10-12-21(19)22)9-8-17-5-4-6-20(25)16-17/h4-6,10,12,15-16,22-23H,2-3,7,11,13-14H2,1H3/t22?,23-/m1/s1. The number of carbonyl (C=O) groups excluding carboxylic acids is 1. The lowest BCUT2D eigenvalue weighted by molar-refractivity contribution is -0.149. The third-order valence-electron chi connectivity index (χ3n) is 5.78. The number of halogens is 1. The lowest BCUT2D eigenvalue weighted by atomic mass is 9.96. The summed E-state index contributed by atoms with van der Waals surface area (Å²) >= 11 is 0. The SMILES string of the molecule is COC(=O)[C@H]1CCCCN1C1CCc2cc(C#Cc3cccc(F)c3)ccc21. The van der Waals surface area contributed by atoms with Crippen molar-refractivity contribution in [3.63, 3.8) is 0 Å². The summed E-state index contributed by atoms with van der Waals surface area (Å²) < 4.78 is 18.3. The molecule has 4 rings (SSSR count). The highest BCUT2D eigenvalue weighted by Crippen LogP contribution is 2.39. The molecular weight excluding hydrogens is 353 g/mol. The molecule has 144 valence electrons. The Morgan fingerprint density at radius 3 is 2.71 bits per heavy atom. The smallest absolute Gasteiger partial charge is 0.323 e. The van der Waals surface area contributed by atoms with E-state index in [9.17, 15) is 9.18 Å². The van der Waals surface area contributed by atoms with Crippen LogP contribution in [0.5, 0.6) is 0 Å². The number of methoxy groups -OCH3 is 1. The van der Waals surface area contributed by atoms with Crippen molar-refractivity contribution in [3.05, 3.63) is 70.5 Å². The number of esters is 1. The molecule has 1 aliphatic carbocycles. The van der Waals surface area contributed by atoms with Crippen molar-refractivity contribution in [2.24, 2.45) is 0 Å². The Labute approximate surface area is 165 Å². The second-order valence-corrected chi connectivity index (χ2v) is 7.50. The Kier molecular flexibility index (Phi) is 5.45. The minimum Gasteiger partial charge on any atom is -0.468 e. The molecule has 3 nitrogen and oxygen atoms in total. The van der Waals surface area contributed by atoms with E-state index < -0.39 is 0 Å². The van der Waals surface area contributed by atoms with E-state index in [1.807, 2.05) is 12.1 Å². The summed E-state index contributed by atoms with van der Waals surface area (Å²) in [7, 11) is 1.47. The first-order chi connectivity index (χ1) is 13.7. The average molecular weight is 377 g/mol. The molecule has 2 aliphatic rings. The van der Waals surface area contributed by atoms with Crippen molar-refractivity contribution in [1.82, 2.24) is 4.90 Å². The molecule has 0 saturated carbocycles. The van der Waals surface area contributed by atoms with Crippen LogP contribution in [0.2, 0.25) is 0 Å². The zero-order chi connectivity index (χ0) is 19.5. The predicted molar refractivity (Wildman–Crippen MR) is 106 cm³/mol. The summed E-state index contributed by atoms with van der Waals surface area (Å²) in [6.07, 6.45) is 5.07. The second kappa shape index (κ2) is 8.16. The van der Waals surface area contributed by atoms with Crippen LogP contribution in [0.1, 0.15) is 54.0 Å². The fourth-order valence-electron chi connectivity index (χ4n) is 4.44. The molecule has 0 N–H and O–H groups in total. The van der Waals surface area contributed by atoms with E-state index in [0.29, 0.717) is 5.56 Å². The van der Waals surface area contributed by atoms with Gasteiger partial charge in [0.25, 0.3) is 0 Å². The normalized spacial score (nSPS) is 21.5. The summed E-state index contributed by atoms with van der Waals surface area (Å²) in [5, 5.41) is 0. The second-order valence-electron chi connectivity index (χ2n) is 7.50. The maximum absolute atomic E-state index is 13.3. The largest absolute Gasteiger partial charge is 0.468 e. The predicted octanol–water partition coefficient (Wildman–Crippen LogP) is 4.24. The van der Waals surface area contributed by atoms with Crippen molar-refractivity contribution in [2.75, 3.05) is 13.7 Å². The van der Waals surface area contributed by atoms with Crippen LogP contribution in [0.25, 0.3) is 0 Å². The summed E-state index contributed by atoms with van der Waals surface area (Å²) in [6.45, 7) is 0.936. The van der Waals surface area contributed by atoms with Crippen molar-refractivity contribution < 1.29 is 13.9 Å². The van der Waals surface area contributed by atoms with E-state index >= 15 is 0 Å². The molecule has 28 heavy (non-hydrogen) atoms. The Hall–Kier alpha value is -2.64. The van der Waals surface area contributed by atoms with E-state index in [2.05, 4.69) is 28.9 Å². The number of hydrogen-bond acceptors (Lipinski definition) is 3. The molecule has 1 heterocycles. The van der Waals surface area contributed by atoms with Gasteiger partial charge in [-0.2, -0.15) is 0 Å². The van der Waals surface area contributed by atoms with Crippen molar-refractivity contribution in [1.29, 1.82) is 0 Å². The number of ether oxygens (including phenoxy) is 1. The topological polar surface area (TPSA) is 29.5 Å². The minimum atomic E-state index is -0.273. The minimum absolute atomic E-state index is 0.120. The quantitative estimate of drug-likeness (QED) is 0.579. The fourth-order valence-corrected chi connectivity index (χ4v) is 4.44. The van der Waals surface area contributed by atoms with Gasteiger partial charge in [0, 0.05) is 17.2 Å². The third-order valence-corrected chi connectivity index (χ3v) is 5.78. The van der Waals surface area contributed by atoms with Crippen LogP contribution in [-0.4, -0.2) is 30.6 Å². The lowest BCUT2D eigenvalue weighted by Crippen LogP contribution is -2.46. The number of benzene rings is 2. The highest BCUT2D eigenvalue weighted by Gasteiger charge is 2.37. The molecule has 0 bridgehead atoms. The molecule has 0 spiro atoms. The molecule has 1 unspecified atom stereocenters. The van der Waals surface area contributed by atoms with Crippen LogP contribution in [0.3, 0.4) is 0 Å². The molecule has 1 fully saturated rings. The molecule has 0 amide bonds. The molecule has 2 aromatic carbocycles. The van der Waals surface area contributed by atoms with E-state index in [1.54, 1.807) is 6.07 Å². The van der Waals surface area contributed by atoms with Gasteiger partial charge in [-0.25, -0.2) is 4.39 Å². The first-order valence-corrected chi connectivity index (χ1v) is 9.89. The van der Waals surface area contributed by atoms with Gasteiger partial charge in [-0.05, 0) is 73.7 Å². The van der Waals surface area contributed by atoms with Gasteiger partial charge < -0.3 is 4.74 Å². The van der Waals surface area contributed by atoms with Gasteiger partial charge in [0.15, 0.2) is 0 Å². The first kappa shape index (κ1) is 18.7. The van der Waals surface area contributed by atoms with Crippen LogP contribution in [0, 0.1) is 17.7 Å². The van der Waals surface area contributed by atoms with Gasteiger partial charge in [-0.3, -0.25) is 9.69 Å². The van der Waals surface area contributed by atoms with E-state index in [-0.39, 0.29) is 23.9 Å². The Balaban J connectivity index is 1.56. The van der Waals surface area contributed by atoms with Crippen LogP contribution in [0.4, 0.5) is 4.39 Å². The maximum atomic E-state index is 13.3. The van der Waals surface area contributed by atoms with Crippen LogP contribution < -0.4 is 0 Å². The Morgan fingerprint density at radius 2 is 1.93 bits per heavy atom. The molecule has 1 saturated heterocycles. The Morgan fingerprint density at radius 1 is 1.11 bits per heavy atom. The average Bonchev–Trinajstić information content (AvgIpc) is 3.15. The lowest BCUT2D eigenvalue weighted by Gasteiger charge is -2.38. The number of fused-ring (bicyclic) bond motifs is 1. The highest BCUT2D eigenvalue weighted by atomic mass is 19.1. The number of aryl methyl sites for hydroxylation is 1. The molecule has 0 radical (unpaired) electrons. The van der Waals surface area contributed by atoms with Crippen molar-refractivity contribution >= 4 is 5.97 Å². The van der Waals surface area contributed by atoms with Crippen LogP contribution in [-0.2, 0) is 16.0 Å². The molecule has 2 atom stereocenters. The summed E-state index contributed by atoms with van der Waals surface area (Å²) in [5.41, 5.74) is 4.21. The number of piperidine rings is 1. The molecule has 1 aliphatic heterocycles. The summed E-state index contributed by atoms with van der Waals surface area (Å²) in [6, 6.07) is 12.8. The number of carbonyl (C=O) groups is 1. The first-order valence-electron chi connectivity index (χ1n) is 9.89. The zero-order valence-electron chi connectivity index (χ0n) is 16.1. The molecule has 0 aromatic heterocycles. The number of rotatable bonds is 2. The van der Waals surface area contributed by atoms with Crippen molar-refractivity contribution in [2.45, 2.75) is 44.2 Å². The zero-order valence-corrected chi connectivity index (χ0v) is 16.1. The van der Waals surface area contributed by atoms with Gasteiger partial charge in [0.05, 0.1) is 7.11 Å². The summed E-state index contributed by atoms with van der Waals surface area (Å²) in [5.74, 6) is 5.79. The highest BCUT2D eigenvalue weighted by molar-refractivity contribution is 5.75. The van der Waals surface area contributed by atoms with Crippen molar-refractivity contribution in [3.8, 4) is 11.8 Å². The maximum Gasteiger partial charge on any atom is 0.323 e. The number of hydrogen-bond donors (Lipinski definition) is 0. The Bertz CT molecular complexity index is 943. The van der Waals surface area contributed by atoms with Gasteiger partial charge in [0.2, 0.25) is 0 Å². The van der Waals surface area contributed by atoms with E-state index in [4.69, 9.17) is 4.74 Å². The van der Waals surface area contributed by atoms with E-state index in [0.717, 1.165) is 44.2 Å². The van der Waals surface area contributed by atoms with Crippen LogP contribution >= 0.6 is 0 Å². The van der Waals surface area contributed by atoms with Gasteiger partial charge in [0.1, 0.15) is 11.9 Å². The summed E-state index contributed by atoms with van der Waals surface area (Å²) in [4.78, 5) is 14.6. The third kappa shape index (κ3) is 3.81. The number of likely N-dealkylation sites (tertiary alicyclic amines) is 1. The molecule has 4 heteroatoms.